The largest absolute Gasteiger partial charge is 0.224 e. The Hall–Kier alpha value is -0.540. The molecule has 2 nitrogen and oxygen atoms in total. The standard InChI is InChI=1S/C10H4Cl4N2/c11-5-1-2-7(12)6(3-5)8-4-9(13)16-10(14)15-8/h1-4H. The number of aromatic nitrogens is 2. The van der Waals surface area contributed by atoms with Crippen LogP contribution in [0.3, 0.4) is 0 Å². The lowest BCUT2D eigenvalue weighted by Gasteiger charge is -2.04. The molecule has 0 N–H and O–H groups in total. The number of hydrogen-bond donors (Lipinski definition) is 0. The summed E-state index contributed by atoms with van der Waals surface area (Å²) >= 11 is 23.4. The van der Waals surface area contributed by atoms with Gasteiger partial charge in [-0.1, -0.05) is 34.8 Å². The van der Waals surface area contributed by atoms with Crippen LogP contribution in [0.5, 0.6) is 0 Å². The van der Waals surface area contributed by atoms with Gasteiger partial charge in [0.1, 0.15) is 5.15 Å². The number of nitrogens with zero attached hydrogens (tertiary/aromatic N) is 2. The van der Waals surface area contributed by atoms with Gasteiger partial charge in [-0.3, -0.25) is 0 Å². The van der Waals surface area contributed by atoms with Crippen molar-refractivity contribution in [3.8, 4) is 11.3 Å². The number of benzene rings is 1. The van der Waals surface area contributed by atoms with Crippen LogP contribution in [0.2, 0.25) is 20.5 Å². The Bertz CT molecular complexity index is 522. The molecule has 0 spiro atoms. The Balaban J connectivity index is 2.62. The Kier molecular flexibility index (Phi) is 3.55. The molecule has 0 aliphatic rings. The predicted octanol–water partition coefficient (Wildman–Crippen LogP) is 4.76. The number of rotatable bonds is 1. The van der Waals surface area contributed by atoms with Crippen LogP contribution < -0.4 is 0 Å². The molecule has 0 bridgehead atoms. The molecule has 6 heteroatoms. The van der Waals surface area contributed by atoms with Crippen LogP contribution >= 0.6 is 46.4 Å². The Morgan fingerprint density at radius 2 is 1.62 bits per heavy atom. The molecule has 0 saturated heterocycles. The van der Waals surface area contributed by atoms with E-state index in [2.05, 4.69) is 9.97 Å². The Labute approximate surface area is 112 Å². The van der Waals surface area contributed by atoms with E-state index in [1.165, 1.54) is 0 Å². The SMILES string of the molecule is Clc1ccc(Cl)c(-c2cc(Cl)nc(Cl)n2)c1. The first-order valence-electron chi connectivity index (χ1n) is 4.22. The fourth-order valence-electron chi connectivity index (χ4n) is 1.22. The molecule has 1 aromatic carbocycles. The highest BCUT2D eigenvalue weighted by Crippen LogP contribution is 2.30. The summed E-state index contributed by atoms with van der Waals surface area (Å²) in [6, 6.07) is 6.64. The minimum Gasteiger partial charge on any atom is -0.218 e. The van der Waals surface area contributed by atoms with Gasteiger partial charge in [-0.15, -0.1) is 0 Å². The minimum atomic E-state index is 0.0681. The molecule has 2 aromatic rings. The summed E-state index contributed by atoms with van der Waals surface area (Å²) in [4.78, 5) is 7.79. The Morgan fingerprint density at radius 1 is 0.875 bits per heavy atom. The molecule has 1 aromatic heterocycles. The van der Waals surface area contributed by atoms with E-state index in [1.54, 1.807) is 24.3 Å². The molecule has 0 saturated carbocycles. The first kappa shape index (κ1) is 11.9. The molecule has 0 aliphatic carbocycles. The van der Waals surface area contributed by atoms with E-state index >= 15 is 0 Å². The lowest BCUT2D eigenvalue weighted by atomic mass is 10.1. The van der Waals surface area contributed by atoms with Crippen molar-refractivity contribution >= 4 is 46.4 Å². The van der Waals surface area contributed by atoms with Gasteiger partial charge in [0.25, 0.3) is 0 Å². The van der Waals surface area contributed by atoms with Crippen LogP contribution in [0.25, 0.3) is 11.3 Å². The predicted molar refractivity (Wildman–Crippen MR) is 67.5 cm³/mol. The van der Waals surface area contributed by atoms with E-state index in [0.717, 1.165) is 0 Å². The fraction of sp³-hybridized carbons (Fsp3) is 0. The molecule has 1 heterocycles. The summed E-state index contributed by atoms with van der Waals surface area (Å²) in [5.74, 6) is 0. The van der Waals surface area contributed by atoms with Gasteiger partial charge < -0.3 is 0 Å². The van der Waals surface area contributed by atoms with E-state index in [0.29, 0.717) is 21.3 Å². The van der Waals surface area contributed by atoms with E-state index in [4.69, 9.17) is 46.4 Å². The molecule has 2 rings (SSSR count). The van der Waals surface area contributed by atoms with Gasteiger partial charge >= 0.3 is 0 Å². The smallest absolute Gasteiger partial charge is 0.218 e. The summed E-state index contributed by atoms with van der Waals surface area (Å²) in [5.41, 5.74) is 1.21. The highest BCUT2D eigenvalue weighted by Gasteiger charge is 2.08. The van der Waals surface area contributed by atoms with Crippen LogP contribution in [0.4, 0.5) is 0 Å². The van der Waals surface area contributed by atoms with Gasteiger partial charge in [0.15, 0.2) is 0 Å². The average molecular weight is 294 g/mol. The van der Waals surface area contributed by atoms with E-state index in [-0.39, 0.29) is 10.4 Å². The second-order valence-electron chi connectivity index (χ2n) is 2.97. The van der Waals surface area contributed by atoms with E-state index in [1.807, 2.05) is 0 Å². The van der Waals surface area contributed by atoms with Crippen molar-refractivity contribution in [1.82, 2.24) is 9.97 Å². The summed E-state index contributed by atoms with van der Waals surface area (Å²) in [7, 11) is 0. The van der Waals surface area contributed by atoms with Crippen molar-refractivity contribution in [3.63, 3.8) is 0 Å². The van der Waals surface area contributed by atoms with Crippen LogP contribution in [0, 0.1) is 0 Å². The minimum absolute atomic E-state index is 0.0681. The fourth-order valence-corrected chi connectivity index (χ4v) is 2.02. The highest BCUT2D eigenvalue weighted by atomic mass is 35.5. The Morgan fingerprint density at radius 3 is 2.31 bits per heavy atom. The lowest BCUT2D eigenvalue weighted by molar-refractivity contribution is 1.17. The molecular weight excluding hydrogens is 290 g/mol. The molecule has 82 valence electrons. The molecule has 0 unspecified atom stereocenters. The molecule has 0 radical (unpaired) electrons. The van der Waals surface area contributed by atoms with Gasteiger partial charge in [0, 0.05) is 16.7 Å². The van der Waals surface area contributed by atoms with Crippen LogP contribution in [-0.2, 0) is 0 Å². The maximum atomic E-state index is 6.03. The zero-order chi connectivity index (χ0) is 11.7. The van der Waals surface area contributed by atoms with Crippen molar-refractivity contribution in [3.05, 3.63) is 44.7 Å². The monoisotopic (exact) mass is 292 g/mol. The normalized spacial score (nSPS) is 10.5. The molecular formula is C10H4Cl4N2. The third kappa shape index (κ3) is 2.58. The van der Waals surface area contributed by atoms with Crippen molar-refractivity contribution < 1.29 is 0 Å². The van der Waals surface area contributed by atoms with Gasteiger partial charge in [-0.05, 0) is 29.8 Å². The first-order chi connectivity index (χ1) is 7.56. The highest BCUT2D eigenvalue weighted by molar-refractivity contribution is 6.35. The molecule has 0 fully saturated rings. The molecule has 16 heavy (non-hydrogen) atoms. The molecule has 0 atom stereocenters. The summed E-state index contributed by atoms with van der Waals surface area (Å²) in [6.07, 6.45) is 0. The van der Waals surface area contributed by atoms with Gasteiger partial charge in [-0.25, -0.2) is 9.97 Å². The van der Waals surface area contributed by atoms with E-state index in [9.17, 15) is 0 Å². The topological polar surface area (TPSA) is 25.8 Å². The number of halogens is 4. The van der Waals surface area contributed by atoms with Gasteiger partial charge in [0.05, 0.1) is 10.7 Å². The van der Waals surface area contributed by atoms with Gasteiger partial charge in [-0.2, -0.15) is 0 Å². The van der Waals surface area contributed by atoms with Crippen molar-refractivity contribution in [2.45, 2.75) is 0 Å². The van der Waals surface area contributed by atoms with Crippen LogP contribution in [0.1, 0.15) is 0 Å². The summed E-state index contributed by atoms with van der Waals surface area (Å²) in [6.45, 7) is 0. The van der Waals surface area contributed by atoms with Crippen molar-refractivity contribution in [2.75, 3.05) is 0 Å². The average Bonchev–Trinajstić information content (AvgIpc) is 2.20. The van der Waals surface area contributed by atoms with Crippen molar-refractivity contribution in [2.24, 2.45) is 0 Å². The maximum Gasteiger partial charge on any atom is 0.224 e. The first-order valence-corrected chi connectivity index (χ1v) is 5.73. The third-order valence-electron chi connectivity index (χ3n) is 1.87. The lowest BCUT2D eigenvalue weighted by Crippen LogP contribution is -1.89. The summed E-state index contributed by atoms with van der Waals surface area (Å²) in [5, 5.41) is 1.41. The number of hydrogen-bond acceptors (Lipinski definition) is 2. The van der Waals surface area contributed by atoms with Crippen molar-refractivity contribution in [1.29, 1.82) is 0 Å². The molecule has 0 amide bonds. The second-order valence-corrected chi connectivity index (χ2v) is 4.54. The zero-order valence-corrected chi connectivity index (χ0v) is 10.7. The van der Waals surface area contributed by atoms with Crippen LogP contribution in [-0.4, -0.2) is 9.97 Å². The quantitative estimate of drug-likeness (QED) is 0.560. The maximum absolute atomic E-state index is 6.03. The van der Waals surface area contributed by atoms with Crippen LogP contribution in [0.15, 0.2) is 24.3 Å². The summed E-state index contributed by atoms with van der Waals surface area (Å²) < 4.78 is 0. The third-order valence-corrected chi connectivity index (χ3v) is 2.80. The molecule has 0 aliphatic heterocycles. The zero-order valence-electron chi connectivity index (χ0n) is 7.72. The second kappa shape index (κ2) is 4.76. The van der Waals surface area contributed by atoms with E-state index < -0.39 is 0 Å². The van der Waals surface area contributed by atoms with Gasteiger partial charge in [0.2, 0.25) is 5.28 Å².